The Labute approximate surface area is 212 Å². The smallest absolute Gasteiger partial charge is 0.335 e. The number of halogens is 1. The largest absolute Gasteiger partial charge is 0.507 e. The van der Waals surface area contributed by atoms with Gasteiger partial charge in [-0.25, -0.2) is 9.18 Å². The molecule has 186 valence electrons. The summed E-state index contributed by atoms with van der Waals surface area (Å²) in [7, 11) is 0. The average molecular weight is 509 g/mol. The van der Waals surface area contributed by atoms with Crippen molar-refractivity contribution in [3.63, 3.8) is 0 Å². The summed E-state index contributed by atoms with van der Waals surface area (Å²) in [6.07, 6.45) is 1.39. The van der Waals surface area contributed by atoms with E-state index in [1.807, 2.05) is 19.9 Å². The molecule has 0 amide bonds. The van der Waals surface area contributed by atoms with Gasteiger partial charge in [-0.05, 0) is 60.4 Å². The number of phenolic OH excluding ortho intramolecular Hbond substituents is 1. The summed E-state index contributed by atoms with van der Waals surface area (Å²) < 4.78 is 31.4. The summed E-state index contributed by atoms with van der Waals surface area (Å²) in [6, 6.07) is 15.5. The van der Waals surface area contributed by atoms with Crippen LogP contribution in [0.4, 0.5) is 4.39 Å². The molecule has 8 heteroatoms. The zero-order chi connectivity index (χ0) is 25.7. The van der Waals surface area contributed by atoms with Crippen LogP contribution in [-0.4, -0.2) is 22.8 Å². The van der Waals surface area contributed by atoms with Gasteiger partial charge in [-0.3, -0.25) is 0 Å². The van der Waals surface area contributed by atoms with Crippen molar-refractivity contribution in [3.05, 3.63) is 83.0 Å². The maximum atomic E-state index is 13.3. The number of phenols is 1. The highest BCUT2D eigenvalue weighted by Gasteiger charge is 2.20. The van der Waals surface area contributed by atoms with E-state index in [9.17, 15) is 19.4 Å². The number of carbonyl (C=O) groups is 1. The molecular weight excluding hydrogens is 483 g/mol. The lowest BCUT2D eigenvalue weighted by atomic mass is 10.00. The molecule has 0 aliphatic carbocycles. The lowest BCUT2D eigenvalue weighted by Gasteiger charge is -2.15. The second-order valence-corrected chi connectivity index (χ2v) is 8.78. The van der Waals surface area contributed by atoms with Crippen molar-refractivity contribution in [1.82, 2.24) is 0 Å². The van der Waals surface area contributed by atoms with Crippen LogP contribution in [0.5, 0.6) is 33.8 Å². The molecule has 0 aliphatic heterocycles. The Balaban J connectivity index is 1.66. The predicted octanol–water partition coefficient (Wildman–Crippen LogP) is 7.89. The molecule has 0 saturated carbocycles. The fourth-order valence-electron chi connectivity index (χ4n) is 3.55. The van der Waals surface area contributed by atoms with Gasteiger partial charge in [0.25, 0.3) is 0 Å². The lowest BCUT2D eigenvalue weighted by molar-refractivity contribution is 0.0696. The van der Waals surface area contributed by atoms with Crippen LogP contribution in [-0.2, 0) is 6.42 Å². The second kappa shape index (κ2) is 11.1. The first-order chi connectivity index (χ1) is 17.4. The third-order valence-corrected chi connectivity index (χ3v) is 6.17. The van der Waals surface area contributed by atoms with E-state index in [0.717, 1.165) is 12.0 Å². The summed E-state index contributed by atoms with van der Waals surface area (Å²) >= 11 is 1.26. The SMILES string of the molecule is CCCOc1c(Oc2cc(O)c(-c3ccc(F)cc3)cc2CC)csc1Oc1cccc(C(=O)O)c1. The van der Waals surface area contributed by atoms with Gasteiger partial charge in [-0.2, -0.15) is 0 Å². The molecule has 4 rings (SSSR count). The van der Waals surface area contributed by atoms with Crippen LogP contribution in [0, 0.1) is 5.82 Å². The molecule has 0 fully saturated rings. The zero-order valence-corrected chi connectivity index (χ0v) is 20.6. The minimum absolute atomic E-state index is 0.00187. The van der Waals surface area contributed by atoms with Crippen LogP contribution in [0.3, 0.4) is 0 Å². The molecule has 0 saturated heterocycles. The van der Waals surface area contributed by atoms with Crippen LogP contribution in [0.2, 0.25) is 0 Å². The van der Waals surface area contributed by atoms with Gasteiger partial charge < -0.3 is 24.4 Å². The number of aryl methyl sites for hydroxylation is 1. The number of benzene rings is 3. The van der Waals surface area contributed by atoms with Crippen LogP contribution >= 0.6 is 11.3 Å². The number of rotatable bonds is 10. The Morgan fingerprint density at radius 2 is 1.78 bits per heavy atom. The Morgan fingerprint density at radius 3 is 2.47 bits per heavy atom. The van der Waals surface area contributed by atoms with Gasteiger partial charge in [-0.15, -0.1) is 0 Å². The molecule has 36 heavy (non-hydrogen) atoms. The minimum Gasteiger partial charge on any atom is -0.507 e. The maximum absolute atomic E-state index is 13.3. The number of aromatic hydroxyl groups is 1. The molecule has 0 spiro atoms. The summed E-state index contributed by atoms with van der Waals surface area (Å²) in [6.45, 7) is 4.37. The van der Waals surface area contributed by atoms with E-state index in [0.29, 0.717) is 52.2 Å². The first kappa shape index (κ1) is 25.1. The van der Waals surface area contributed by atoms with Crippen molar-refractivity contribution in [2.24, 2.45) is 0 Å². The van der Waals surface area contributed by atoms with Crippen LogP contribution in [0.15, 0.2) is 66.0 Å². The number of hydrogen-bond acceptors (Lipinski definition) is 6. The second-order valence-electron chi connectivity index (χ2n) is 7.94. The highest BCUT2D eigenvalue weighted by molar-refractivity contribution is 7.12. The number of thiophene rings is 1. The molecule has 2 N–H and O–H groups in total. The number of ether oxygens (including phenoxy) is 3. The normalized spacial score (nSPS) is 10.8. The van der Waals surface area contributed by atoms with Gasteiger partial charge >= 0.3 is 5.97 Å². The van der Waals surface area contributed by atoms with Crippen LogP contribution in [0.25, 0.3) is 11.1 Å². The fourth-order valence-corrected chi connectivity index (χ4v) is 4.33. The van der Waals surface area contributed by atoms with E-state index in [2.05, 4.69) is 0 Å². The van der Waals surface area contributed by atoms with Gasteiger partial charge in [0.15, 0.2) is 5.75 Å². The van der Waals surface area contributed by atoms with Crippen molar-refractivity contribution in [2.75, 3.05) is 6.61 Å². The lowest BCUT2D eigenvalue weighted by Crippen LogP contribution is -1.99. The molecule has 0 bridgehead atoms. The molecule has 6 nitrogen and oxygen atoms in total. The van der Waals surface area contributed by atoms with Gasteiger partial charge in [0, 0.05) is 17.0 Å². The third-order valence-electron chi connectivity index (χ3n) is 5.36. The average Bonchev–Trinajstić information content (AvgIpc) is 3.24. The van der Waals surface area contributed by atoms with Crippen LogP contribution < -0.4 is 14.2 Å². The van der Waals surface area contributed by atoms with E-state index >= 15 is 0 Å². The highest BCUT2D eigenvalue weighted by atomic mass is 32.1. The van der Waals surface area contributed by atoms with Crippen molar-refractivity contribution in [3.8, 4) is 44.9 Å². The Morgan fingerprint density at radius 1 is 1.00 bits per heavy atom. The van der Waals surface area contributed by atoms with E-state index in [4.69, 9.17) is 14.2 Å². The van der Waals surface area contributed by atoms with E-state index in [1.165, 1.54) is 41.7 Å². The molecular formula is C28H25FO6S. The monoisotopic (exact) mass is 508 g/mol. The standard InChI is InChI=1S/C28H25FO6S/c1-3-12-33-26-25(16-36-28(26)34-21-7-5-6-19(13-21)27(31)32)35-24-15-23(30)22(14-17(24)4-2)18-8-10-20(29)11-9-18/h5-11,13-16,30H,3-4,12H2,1-2H3,(H,31,32). The third kappa shape index (κ3) is 5.60. The first-order valence-corrected chi connectivity index (χ1v) is 12.3. The molecule has 0 aliphatic rings. The quantitative estimate of drug-likeness (QED) is 0.227. The summed E-state index contributed by atoms with van der Waals surface area (Å²) in [5, 5.41) is 22.1. The van der Waals surface area contributed by atoms with Gasteiger partial charge in [0.1, 0.15) is 23.1 Å². The Kier molecular flexibility index (Phi) is 7.75. The molecule has 3 aromatic carbocycles. The first-order valence-electron chi connectivity index (χ1n) is 11.4. The maximum Gasteiger partial charge on any atom is 0.335 e. The molecule has 0 unspecified atom stereocenters. The van der Waals surface area contributed by atoms with Crippen molar-refractivity contribution in [1.29, 1.82) is 0 Å². The van der Waals surface area contributed by atoms with E-state index in [-0.39, 0.29) is 17.1 Å². The van der Waals surface area contributed by atoms with Gasteiger partial charge in [-0.1, -0.05) is 43.4 Å². The van der Waals surface area contributed by atoms with E-state index < -0.39 is 5.97 Å². The number of aromatic carboxylic acids is 1. The Hall–Kier alpha value is -4.04. The van der Waals surface area contributed by atoms with Gasteiger partial charge in [0.05, 0.1) is 12.2 Å². The topological polar surface area (TPSA) is 85.2 Å². The van der Waals surface area contributed by atoms with Gasteiger partial charge in [0.2, 0.25) is 10.8 Å². The zero-order valence-electron chi connectivity index (χ0n) is 19.8. The van der Waals surface area contributed by atoms with Crippen molar-refractivity contribution >= 4 is 17.3 Å². The molecule has 4 aromatic rings. The molecule has 1 heterocycles. The van der Waals surface area contributed by atoms with Crippen LogP contribution in [0.1, 0.15) is 36.2 Å². The summed E-state index contributed by atoms with van der Waals surface area (Å²) in [5.41, 5.74) is 2.23. The predicted molar refractivity (Wildman–Crippen MR) is 137 cm³/mol. The summed E-state index contributed by atoms with van der Waals surface area (Å²) in [4.78, 5) is 11.3. The minimum atomic E-state index is -1.05. The summed E-state index contributed by atoms with van der Waals surface area (Å²) in [5.74, 6) is 0.239. The van der Waals surface area contributed by atoms with Crippen molar-refractivity contribution in [2.45, 2.75) is 26.7 Å². The highest BCUT2D eigenvalue weighted by Crippen LogP contribution is 2.48. The number of carboxylic acid groups (broad SMARTS) is 1. The number of hydrogen-bond donors (Lipinski definition) is 2. The molecule has 1 aromatic heterocycles. The molecule has 0 atom stereocenters. The van der Waals surface area contributed by atoms with E-state index in [1.54, 1.807) is 29.6 Å². The Bertz CT molecular complexity index is 1360. The van der Waals surface area contributed by atoms with Crippen molar-refractivity contribution < 1.29 is 33.6 Å². The number of carboxylic acids is 1. The molecule has 0 radical (unpaired) electrons. The fraction of sp³-hybridized carbons (Fsp3) is 0.179.